The van der Waals surface area contributed by atoms with Crippen LogP contribution in [0.25, 0.3) is 10.9 Å². The molecule has 5 atom stereocenters. The third kappa shape index (κ3) is 9.14. The molecule has 1 aromatic carbocycles. The number of carbonyl (C=O) groups is 6. The summed E-state index contributed by atoms with van der Waals surface area (Å²) in [4.78, 5) is 84.5. The smallest absolute Gasteiger partial charge is 0.243 e. The van der Waals surface area contributed by atoms with Crippen LogP contribution in [0.3, 0.4) is 0 Å². The molecular weight excluding hydrogens is 558 g/mol. The first-order valence-electron chi connectivity index (χ1n) is 13.7. The van der Waals surface area contributed by atoms with Gasteiger partial charge in [0.25, 0.3) is 0 Å². The van der Waals surface area contributed by atoms with Crippen LogP contribution in [0.15, 0.2) is 43.0 Å². The molecule has 2 heterocycles. The molecule has 0 bridgehead atoms. The number of hydrogen-bond acceptors (Lipinski definition) is 7. The van der Waals surface area contributed by atoms with E-state index in [2.05, 4.69) is 41.5 Å². The zero-order valence-electron chi connectivity index (χ0n) is 24.3. The number of nitrogens with one attached hydrogen (secondary N) is 7. The highest BCUT2D eigenvalue weighted by atomic mass is 16.2. The van der Waals surface area contributed by atoms with E-state index in [1.54, 1.807) is 6.20 Å². The number of primary amides is 1. The number of fused-ring (bicyclic) bond motifs is 1. The fraction of sp³-hybridized carbons (Fsp3) is 0.393. The van der Waals surface area contributed by atoms with Crippen LogP contribution in [0.5, 0.6) is 0 Å². The van der Waals surface area contributed by atoms with Crippen LogP contribution in [0.1, 0.15) is 39.0 Å². The van der Waals surface area contributed by atoms with Gasteiger partial charge in [-0.3, -0.25) is 28.8 Å². The van der Waals surface area contributed by atoms with Crippen molar-refractivity contribution in [3.8, 4) is 0 Å². The molecule has 0 unspecified atom stereocenters. The molecule has 6 amide bonds. The largest absolute Gasteiger partial charge is 0.368 e. The molecule has 0 aliphatic carbocycles. The molecule has 9 N–H and O–H groups in total. The Morgan fingerprint density at radius 3 is 1.91 bits per heavy atom. The number of nitrogens with two attached hydrogens (primary N) is 1. The number of para-hydroxylation sites is 1. The quantitative estimate of drug-likeness (QED) is 0.112. The Morgan fingerprint density at radius 2 is 1.35 bits per heavy atom. The van der Waals surface area contributed by atoms with E-state index in [4.69, 9.17) is 5.73 Å². The lowest BCUT2D eigenvalue weighted by Crippen LogP contribution is -2.57. The van der Waals surface area contributed by atoms with Crippen molar-refractivity contribution in [1.29, 1.82) is 0 Å². The van der Waals surface area contributed by atoms with Crippen LogP contribution >= 0.6 is 0 Å². The Balaban J connectivity index is 1.52. The molecule has 230 valence electrons. The number of aromatic nitrogens is 3. The second-order valence-electron chi connectivity index (χ2n) is 10.3. The van der Waals surface area contributed by atoms with Gasteiger partial charge in [-0.1, -0.05) is 18.2 Å². The fourth-order valence-corrected chi connectivity index (χ4v) is 4.30. The molecule has 0 saturated heterocycles. The van der Waals surface area contributed by atoms with Crippen LogP contribution in [0.2, 0.25) is 0 Å². The first-order valence-corrected chi connectivity index (χ1v) is 13.7. The lowest BCUT2D eigenvalue weighted by molar-refractivity contribution is -0.134. The molecule has 43 heavy (non-hydrogen) atoms. The molecule has 0 aliphatic rings. The van der Waals surface area contributed by atoms with Crippen LogP contribution in [-0.4, -0.2) is 80.6 Å². The Kier molecular flexibility index (Phi) is 11.0. The Labute approximate surface area is 247 Å². The lowest BCUT2D eigenvalue weighted by Gasteiger charge is -2.23. The van der Waals surface area contributed by atoms with E-state index in [9.17, 15) is 28.8 Å². The van der Waals surface area contributed by atoms with Gasteiger partial charge in [-0.25, -0.2) is 4.98 Å². The van der Waals surface area contributed by atoms with E-state index in [-0.39, 0.29) is 12.8 Å². The number of H-pyrrole nitrogens is 2. The molecule has 0 radical (unpaired) electrons. The minimum atomic E-state index is -1.07. The van der Waals surface area contributed by atoms with Crippen molar-refractivity contribution >= 4 is 46.3 Å². The maximum Gasteiger partial charge on any atom is 0.243 e. The van der Waals surface area contributed by atoms with E-state index in [1.165, 1.54) is 40.2 Å². The van der Waals surface area contributed by atoms with E-state index < -0.39 is 65.7 Å². The summed E-state index contributed by atoms with van der Waals surface area (Å²) >= 11 is 0. The third-order valence-electron chi connectivity index (χ3n) is 6.69. The highest BCUT2D eigenvalue weighted by Crippen LogP contribution is 2.19. The molecular formula is C28H37N9O6. The van der Waals surface area contributed by atoms with Crippen molar-refractivity contribution < 1.29 is 28.8 Å². The molecule has 0 spiro atoms. The molecule has 3 aromatic rings. The molecule has 0 aliphatic heterocycles. The number of nitrogens with zero attached hydrogens (tertiary/aromatic N) is 1. The normalized spacial score (nSPS) is 14.4. The van der Waals surface area contributed by atoms with Crippen molar-refractivity contribution in [2.24, 2.45) is 5.73 Å². The average Bonchev–Trinajstić information content (AvgIpc) is 3.61. The van der Waals surface area contributed by atoms with Crippen molar-refractivity contribution in [2.45, 2.75) is 70.7 Å². The monoisotopic (exact) mass is 595 g/mol. The molecule has 3 rings (SSSR count). The van der Waals surface area contributed by atoms with Gasteiger partial charge in [-0.05, 0) is 32.4 Å². The van der Waals surface area contributed by atoms with Gasteiger partial charge in [0.15, 0.2) is 0 Å². The predicted molar refractivity (Wildman–Crippen MR) is 156 cm³/mol. The van der Waals surface area contributed by atoms with Gasteiger partial charge in [-0.15, -0.1) is 0 Å². The van der Waals surface area contributed by atoms with Crippen LogP contribution < -0.4 is 32.3 Å². The van der Waals surface area contributed by atoms with Gasteiger partial charge in [0.2, 0.25) is 35.4 Å². The summed E-state index contributed by atoms with van der Waals surface area (Å²) in [7, 11) is 0. The Hall–Kier alpha value is -5.21. The highest BCUT2D eigenvalue weighted by molar-refractivity contribution is 5.96. The predicted octanol–water partition coefficient (Wildman–Crippen LogP) is -1.33. The molecule has 0 fully saturated rings. The number of hydrogen-bond donors (Lipinski definition) is 8. The summed E-state index contributed by atoms with van der Waals surface area (Å²) < 4.78 is 0. The zero-order valence-corrected chi connectivity index (χ0v) is 24.3. The second-order valence-corrected chi connectivity index (χ2v) is 10.3. The van der Waals surface area contributed by atoms with E-state index in [1.807, 2.05) is 24.3 Å². The molecule has 15 heteroatoms. The topological polar surface area (TPSA) is 233 Å². The maximum absolute atomic E-state index is 13.1. The lowest BCUT2D eigenvalue weighted by atomic mass is 10.0. The van der Waals surface area contributed by atoms with Gasteiger partial charge in [0.05, 0.1) is 6.33 Å². The SMILES string of the molecule is CC(=O)N[C@@H](Cc1c[nH]c2ccccc12)C(=O)N[C@@H](C)C(=O)N[C@@H](C)C(=O)N[C@@H](C)C(=O)N[C@@H](Cc1cnc[nH]1)C(N)=O. The molecule has 2 aromatic heterocycles. The Morgan fingerprint density at radius 1 is 0.767 bits per heavy atom. The van der Waals surface area contributed by atoms with Gasteiger partial charge in [0, 0.05) is 48.8 Å². The summed E-state index contributed by atoms with van der Waals surface area (Å²) in [6, 6.07) is 2.35. The summed E-state index contributed by atoms with van der Waals surface area (Å²) in [6.07, 6.45) is 4.94. The summed E-state index contributed by atoms with van der Waals surface area (Å²) in [5, 5.41) is 13.5. The second kappa shape index (κ2) is 14.6. The van der Waals surface area contributed by atoms with Gasteiger partial charge >= 0.3 is 0 Å². The standard InChI is InChI=1S/C28H37N9O6/c1-14(25(40)34-16(3)27(42)37-22(24(29)39)10-19-12-30-13-32-19)33-26(41)15(2)35-28(43)23(36-17(4)38)9-18-11-31-21-8-6-5-7-20(18)21/h5-8,11-16,22-23,31H,9-10H2,1-4H3,(H2,29,39)(H,30,32)(H,33,41)(H,34,40)(H,35,43)(H,36,38)(H,37,42)/t14-,15-,16-,22-,23-/m0/s1. The maximum atomic E-state index is 13.1. The number of imidazole rings is 1. The van der Waals surface area contributed by atoms with Crippen LogP contribution in [-0.2, 0) is 41.6 Å². The van der Waals surface area contributed by atoms with Crippen molar-refractivity contribution in [3.05, 3.63) is 54.2 Å². The van der Waals surface area contributed by atoms with Crippen LogP contribution in [0, 0.1) is 0 Å². The number of carbonyl (C=O) groups excluding carboxylic acids is 6. The number of amides is 6. The zero-order chi connectivity index (χ0) is 31.7. The first-order chi connectivity index (χ1) is 20.3. The highest BCUT2D eigenvalue weighted by Gasteiger charge is 2.28. The summed E-state index contributed by atoms with van der Waals surface area (Å²) in [5.41, 5.74) is 7.67. The number of aromatic amines is 2. The number of rotatable bonds is 14. The van der Waals surface area contributed by atoms with Gasteiger partial charge in [-0.2, -0.15) is 0 Å². The van der Waals surface area contributed by atoms with E-state index in [0.717, 1.165) is 16.5 Å². The number of benzene rings is 1. The third-order valence-corrected chi connectivity index (χ3v) is 6.69. The van der Waals surface area contributed by atoms with Crippen molar-refractivity contribution in [2.75, 3.05) is 0 Å². The molecule has 0 saturated carbocycles. The van der Waals surface area contributed by atoms with E-state index >= 15 is 0 Å². The van der Waals surface area contributed by atoms with Gasteiger partial charge < -0.3 is 42.3 Å². The van der Waals surface area contributed by atoms with Crippen molar-refractivity contribution in [1.82, 2.24) is 41.5 Å². The van der Waals surface area contributed by atoms with Crippen molar-refractivity contribution in [3.63, 3.8) is 0 Å². The Bertz CT molecular complexity index is 1470. The summed E-state index contributed by atoms with van der Waals surface area (Å²) in [5.74, 6) is -3.74. The minimum absolute atomic E-state index is 0.0857. The average molecular weight is 596 g/mol. The first kappa shape index (κ1) is 32.3. The fourth-order valence-electron chi connectivity index (χ4n) is 4.30. The molecule has 15 nitrogen and oxygen atoms in total. The summed E-state index contributed by atoms with van der Waals surface area (Å²) in [6.45, 7) is 5.55. The minimum Gasteiger partial charge on any atom is -0.368 e. The van der Waals surface area contributed by atoms with Crippen LogP contribution in [0.4, 0.5) is 0 Å². The van der Waals surface area contributed by atoms with E-state index in [0.29, 0.717) is 5.69 Å². The van der Waals surface area contributed by atoms with Gasteiger partial charge in [0.1, 0.15) is 30.2 Å².